The summed E-state index contributed by atoms with van der Waals surface area (Å²) in [7, 11) is 0. The maximum Gasteiger partial charge on any atom is 0.296 e. The lowest BCUT2D eigenvalue weighted by Crippen LogP contribution is -2.52. The Morgan fingerprint density at radius 1 is 1.35 bits per heavy atom. The monoisotopic (exact) mass is 395 g/mol. The van der Waals surface area contributed by atoms with E-state index in [1.807, 2.05) is 0 Å². The number of rotatable bonds is 3. The summed E-state index contributed by atoms with van der Waals surface area (Å²) in [6, 6.07) is 5.85. The van der Waals surface area contributed by atoms with Crippen LogP contribution < -0.4 is 5.32 Å². The van der Waals surface area contributed by atoms with Gasteiger partial charge in [-0.05, 0) is 43.0 Å². The Balaban J connectivity index is 2.25. The minimum atomic E-state index is -1.94. The van der Waals surface area contributed by atoms with Crippen molar-refractivity contribution >= 4 is 51.9 Å². The highest BCUT2D eigenvalue weighted by molar-refractivity contribution is 8.16. The number of carbonyl (C=O) groups is 3. The van der Waals surface area contributed by atoms with Gasteiger partial charge in [0.25, 0.3) is 17.6 Å². The number of carbonyl (C=O) groups excluding carboxylic acids is 3. The zero-order chi connectivity index (χ0) is 19.2. The number of amidine groups is 1. The van der Waals surface area contributed by atoms with E-state index in [-0.39, 0.29) is 17.3 Å². The molecule has 0 radical (unpaired) electrons. The maximum absolute atomic E-state index is 12.6. The minimum absolute atomic E-state index is 0.190. The van der Waals surface area contributed by atoms with Gasteiger partial charge in [0.2, 0.25) is 4.87 Å². The molecular formula is C16H14ClN3O5S. The molecule has 2 amide bonds. The van der Waals surface area contributed by atoms with Crippen LogP contribution in [0.4, 0.5) is 0 Å². The standard InChI is InChI=1S/C16H14ClN3O5S/c1-7(21)6-20-13(24)12(23)10(16(20)14(25)19-15(18)26-16)11(22)8-2-4-9(17)5-3-8/h2-5,7,21-22H,6H2,1H3,(H2,18,19,25)/b11-10-. The van der Waals surface area contributed by atoms with Gasteiger partial charge in [-0.15, -0.1) is 0 Å². The molecule has 2 atom stereocenters. The molecule has 2 aliphatic heterocycles. The Kier molecular flexibility index (Phi) is 4.55. The van der Waals surface area contributed by atoms with Crippen molar-refractivity contribution in [2.45, 2.75) is 17.9 Å². The first kappa shape index (κ1) is 18.4. The number of ketones is 1. The third-order valence-corrected chi connectivity index (χ3v) is 5.43. The number of nitrogens with zero attached hydrogens (tertiary/aromatic N) is 1. The fraction of sp³-hybridized carbons (Fsp3) is 0.250. The largest absolute Gasteiger partial charge is 0.507 e. The number of benzene rings is 1. The molecule has 3 rings (SSSR count). The van der Waals surface area contributed by atoms with Gasteiger partial charge in [-0.1, -0.05) is 11.6 Å². The topological polar surface area (TPSA) is 131 Å². The zero-order valence-corrected chi connectivity index (χ0v) is 15.0. The van der Waals surface area contributed by atoms with Crippen LogP contribution in [0.15, 0.2) is 29.8 Å². The van der Waals surface area contributed by atoms with Gasteiger partial charge < -0.3 is 20.4 Å². The normalized spacial score (nSPS) is 25.9. The van der Waals surface area contributed by atoms with Gasteiger partial charge in [-0.2, -0.15) is 0 Å². The molecule has 10 heteroatoms. The minimum Gasteiger partial charge on any atom is -0.507 e. The summed E-state index contributed by atoms with van der Waals surface area (Å²) in [5.74, 6) is -3.44. The number of aliphatic hydroxyl groups is 2. The molecule has 136 valence electrons. The van der Waals surface area contributed by atoms with Gasteiger partial charge in [0, 0.05) is 17.1 Å². The Bertz CT molecular complexity index is 867. The summed E-state index contributed by atoms with van der Waals surface area (Å²) >= 11 is 6.45. The number of likely N-dealkylation sites (tertiary alicyclic amines) is 1. The SMILES string of the molecule is CC(O)CN1C(=O)C(=O)/C(=C(/O)c2ccc(Cl)cc2)C12SC(=N)NC2=O. The van der Waals surface area contributed by atoms with E-state index in [0.29, 0.717) is 16.8 Å². The molecule has 2 heterocycles. The number of β-amino-alcohol motifs (C(OH)–C–C–N with tert-alkyl or cyclic N) is 1. The molecule has 2 aliphatic rings. The number of hydrogen-bond acceptors (Lipinski definition) is 7. The van der Waals surface area contributed by atoms with Crippen molar-refractivity contribution in [3.05, 3.63) is 40.4 Å². The number of hydrogen-bond donors (Lipinski definition) is 4. The second kappa shape index (κ2) is 6.42. The van der Waals surface area contributed by atoms with Crippen molar-refractivity contribution in [2.24, 2.45) is 0 Å². The first-order valence-corrected chi connectivity index (χ1v) is 8.71. The van der Waals surface area contributed by atoms with E-state index in [0.717, 1.165) is 4.90 Å². The van der Waals surface area contributed by atoms with Crippen LogP contribution in [0.2, 0.25) is 5.02 Å². The highest BCUT2D eigenvalue weighted by Gasteiger charge is 2.65. The van der Waals surface area contributed by atoms with E-state index in [1.54, 1.807) is 0 Å². The Labute approximate surface area is 157 Å². The van der Waals surface area contributed by atoms with Crippen molar-refractivity contribution in [2.75, 3.05) is 6.54 Å². The summed E-state index contributed by atoms with van der Waals surface area (Å²) in [4.78, 5) is 36.7. The first-order chi connectivity index (χ1) is 12.2. The lowest BCUT2D eigenvalue weighted by Gasteiger charge is -2.31. The van der Waals surface area contributed by atoms with Crippen LogP contribution in [-0.2, 0) is 14.4 Å². The summed E-state index contributed by atoms with van der Waals surface area (Å²) in [5, 5.41) is 30.5. The van der Waals surface area contributed by atoms with Crippen LogP contribution in [0.3, 0.4) is 0 Å². The molecule has 0 bridgehead atoms. The van der Waals surface area contributed by atoms with Crippen LogP contribution in [-0.4, -0.2) is 55.4 Å². The smallest absolute Gasteiger partial charge is 0.296 e. The Hall–Kier alpha value is -2.36. The maximum atomic E-state index is 12.6. The van der Waals surface area contributed by atoms with Crippen molar-refractivity contribution < 1.29 is 24.6 Å². The number of Topliss-reactive ketones (excluding diaryl/α,β-unsaturated/α-hetero) is 1. The fourth-order valence-corrected chi connectivity index (χ4v) is 4.17. The molecule has 1 aromatic rings. The van der Waals surface area contributed by atoms with E-state index < -0.39 is 39.9 Å². The van der Waals surface area contributed by atoms with Crippen molar-refractivity contribution in [3.8, 4) is 0 Å². The molecule has 0 aromatic heterocycles. The molecule has 8 nitrogen and oxygen atoms in total. The van der Waals surface area contributed by atoms with Gasteiger partial charge in [0.1, 0.15) is 5.76 Å². The van der Waals surface area contributed by atoms with Gasteiger partial charge in [-0.25, -0.2) is 0 Å². The van der Waals surface area contributed by atoms with Gasteiger partial charge in [0.05, 0.1) is 11.7 Å². The summed E-state index contributed by atoms with van der Waals surface area (Å²) in [5.41, 5.74) is -0.245. The zero-order valence-electron chi connectivity index (χ0n) is 13.4. The number of thioether (sulfide) groups is 1. The quantitative estimate of drug-likeness (QED) is 0.341. The molecule has 2 saturated heterocycles. The number of amides is 2. The van der Waals surface area contributed by atoms with Crippen LogP contribution >= 0.6 is 23.4 Å². The van der Waals surface area contributed by atoms with Crippen molar-refractivity contribution in [1.82, 2.24) is 10.2 Å². The first-order valence-electron chi connectivity index (χ1n) is 7.51. The highest BCUT2D eigenvalue weighted by Crippen LogP contribution is 2.48. The molecular weight excluding hydrogens is 382 g/mol. The molecule has 2 fully saturated rings. The summed E-state index contributed by atoms with van der Waals surface area (Å²) in [6.45, 7) is 1.09. The van der Waals surface area contributed by atoms with Crippen molar-refractivity contribution in [1.29, 1.82) is 5.41 Å². The summed E-state index contributed by atoms with van der Waals surface area (Å²) < 4.78 is 0. The summed E-state index contributed by atoms with van der Waals surface area (Å²) in [6.07, 6.45) is -1.02. The molecule has 1 spiro atoms. The van der Waals surface area contributed by atoms with E-state index in [1.165, 1.54) is 31.2 Å². The van der Waals surface area contributed by atoms with Crippen LogP contribution in [0, 0.1) is 5.41 Å². The van der Waals surface area contributed by atoms with E-state index in [9.17, 15) is 24.6 Å². The third-order valence-electron chi connectivity index (χ3n) is 3.97. The van der Waals surface area contributed by atoms with Gasteiger partial charge in [0.15, 0.2) is 5.17 Å². The molecule has 4 N–H and O–H groups in total. The molecule has 26 heavy (non-hydrogen) atoms. The van der Waals surface area contributed by atoms with E-state index in [2.05, 4.69) is 5.32 Å². The molecule has 2 unspecified atom stereocenters. The number of aliphatic hydroxyl groups excluding tert-OH is 2. The molecule has 0 aliphatic carbocycles. The fourth-order valence-electron chi connectivity index (χ4n) is 2.91. The predicted octanol–water partition coefficient (Wildman–Crippen LogP) is 0.895. The Morgan fingerprint density at radius 2 is 1.96 bits per heavy atom. The average molecular weight is 396 g/mol. The van der Waals surface area contributed by atoms with E-state index >= 15 is 0 Å². The van der Waals surface area contributed by atoms with Gasteiger partial charge >= 0.3 is 0 Å². The Morgan fingerprint density at radius 3 is 2.46 bits per heavy atom. The number of nitrogens with one attached hydrogen (secondary N) is 2. The highest BCUT2D eigenvalue weighted by atomic mass is 35.5. The second-order valence-electron chi connectivity index (χ2n) is 5.85. The number of halogens is 1. The van der Waals surface area contributed by atoms with Crippen LogP contribution in [0.1, 0.15) is 12.5 Å². The van der Waals surface area contributed by atoms with Gasteiger partial charge in [-0.3, -0.25) is 19.8 Å². The van der Waals surface area contributed by atoms with Crippen LogP contribution in [0.5, 0.6) is 0 Å². The van der Waals surface area contributed by atoms with Crippen molar-refractivity contribution in [3.63, 3.8) is 0 Å². The average Bonchev–Trinajstić information content (AvgIpc) is 2.96. The lowest BCUT2D eigenvalue weighted by molar-refractivity contribution is -0.142. The lowest BCUT2D eigenvalue weighted by atomic mass is 9.99. The third kappa shape index (κ3) is 2.68. The second-order valence-corrected chi connectivity index (χ2v) is 7.49. The van der Waals surface area contributed by atoms with Crippen LogP contribution in [0.25, 0.3) is 5.76 Å². The molecule has 0 saturated carbocycles. The van der Waals surface area contributed by atoms with E-state index in [4.69, 9.17) is 17.0 Å². The predicted molar refractivity (Wildman–Crippen MR) is 95.6 cm³/mol. The molecule has 1 aromatic carbocycles.